The summed E-state index contributed by atoms with van der Waals surface area (Å²) in [6.07, 6.45) is 4.35. The van der Waals surface area contributed by atoms with E-state index in [1.807, 2.05) is 6.92 Å². The van der Waals surface area contributed by atoms with Gasteiger partial charge in [-0.25, -0.2) is 4.79 Å². The Hall–Kier alpha value is -1.21. The number of hydrogen-bond donors (Lipinski definition) is 1. The lowest BCUT2D eigenvalue weighted by Gasteiger charge is -2.37. The lowest BCUT2D eigenvalue weighted by Crippen LogP contribution is -2.53. The number of amides is 1. The highest BCUT2D eigenvalue weighted by Crippen LogP contribution is 2.08. The van der Waals surface area contributed by atoms with Crippen molar-refractivity contribution < 1.29 is 9.90 Å². The quantitative estimate of drug-likeness (QED) is 0.593. The smallest absolute Gasteiger partial charge is 0.407 e. The molecule has 0 aliphatic carbocycles. The molecule has 1 fully saturated rings. The zero-order valence-electron chi connectivity index (χ0n) is 7.73. The number of hydrogen-bond acceptors (Lipinski definition) is 2. The van der Waals surface area contributed by atoms with Gasteiger partial charge in [0, 0.05) is 25.7 Å². The maximum Gasteiger partial charge on any atom is 0.407 e. The van der Waals surface area contributed by atoms with Crippen molar-refractivity contribution in [2.45, 2.75) is 13.0 Å². The molecule has 4 heteroatoms. The van der Waals surface area contributed by atoms with Crippen molar-refractivity contribution in [3.8, 4) is 12.3 Å². The molecule has 0 aromatic heterocycles. The predicted octanol–water partition coefficient (Wildman–Crippen LogP) is 0.304. The first-order valence-corrected chi connectivity index (χ1v) is 4.30. The zero-order chi connectivity index (χ0) is 9.84. The number of carbonyl (C=O) groups is 1. The van der Waals surface area contributed by atoms with Gasteiger partial charge in [0.1, 0.15) is 0 Å². The minimum Gasteiger partial charge on any atom is -0.465 e. The first-order valence-electron chi connectivity index (χ1n) is 4.30. The highest BCUT2D eigenvalue weighted by Gasteiger charge is 2.25. The maximum atomic E-state index is 10.6. The fraction of sp³-hybridized carbons (Fsp3) is 0.667. The molecule has 1 rings (SSSR count). The largest absolute Gasteiger partial charge is 0.465 e. The van der Waals surface area contributed by atoms with Gasteiger partial charge in [-0.3, -0.25) is 4.90 Å². The molecule has 0 spiro atoms. The molecule has 1 N–H and O–H groups in total. The van der Waals surface area contributed by atoms with E-state index < -0.39 is 6.09 Å². The SMILES string of the molecule is C#CCN1CCN(C(=O)O)C[C@@H]1C. The molecule has 0 aromatic rings. The number of nitrogens with zero attached hydrogens (tertiary/aromatic N) is 2. The number of carboxylic acid groups (broad SMARTS) is 1. The molecular formula is C9H14N2O2. The molecule has 72 valence electrons. The Balaban J connectivity index is 2.47. The van der Waals surface area contributed by atoms with Gasteiger partial charge in [0.2, 0.25) is 0 Å². The van der Waals surface area contributed by atoms with Crippen molar-refractivity contribution in [2.75, 3.05) is 26.2 Å². The van der Waals surface area contributed by atoms with Crippen molar-refractivity contribution >= 4 is 6.09 Å². The van der Waals surface area contributed by atoms with Crippen molar-refractivity contribution in [2.24, 2.45) is 0 Å². The van der Waals surface area contributed by atoms with Crippen molar-refractivity contribution in [3.05, 3.63) is 0 Å². The monoisotopic (exact) mass is 182 g/mol. The van der Waals surface area contributed by atoms with Gasteiger partial charge in [-0.15, -0.1) is 6.42 Å². The van der Waals surface area contributed by atoms with Crippen molar-refractivity contribution in [1.82, 2.24) is 9.80 Å². The highest BCUT2D eigenvalue weighted by molar-refractivity contribution is 5.65. The second-order valence-corrected chi connectivity index (χ2v) is 3.25. The third kappa shape index (κ3) is 2.36. The minimum absolute atomic E-state index is 0.223. The van der Waals surface area contributed by atoms with Gasteiger partial charge in [0.25, 0.3) is 0 Å². The van der Waals surface area contributed by atoms with E-state index in [0.29, 0.717) is 19.6 Å². The third-order valence-corrected chi connectivity index (χ3v) is 2.33. The normalized spacial score (nSPS) is 24.0. The Morgan fingerprint density at radius 1 is 1.69 bits per heavy atom. The van der Waals surface area contributed by atoms with E-state index in [0.717, 1.165) is 6.54 Å². The molecule has 1 aliphatic rings. The number of piperazine rings is 1. The van der Waals surface area contributed by atoms with Crippen LogP contribution in [-0.2, 0) is 0 Å². The molecule has 0 unspecified atom stereocenters. The second-order valence-electron chi connectivity index (χ2n) is 3.25. The van der Waals surface area contributed by atoms with Crippen LogP contribution in [0.1, 0.15) is 6.92 Å². The van der Waals surface area contributed by atoms with Gasteiger partial charge >= 0.3 is 6.09 Å². The van der Waals surface area contributed by atoms with Crippen LogP contribution < -0.4 is 0 Å². The molecule has 1 saturated heterocycles. The Morgan fingerprint density at radius 3 is 2.85 bits per heavy atom. The Labute approximate surface area is 78.1 Å². The molecule has 0 bridgehead atoms. The van der Waals surface area contributed by atoms with Gasteiger partial charge < -0.3 is 10.0 Å². The molecule has 1 atom stereocenters. The first-order chi connectivity index (χ1) is 6.15. The van der Waals surface area contributed by atoms with Crippen LogP contribution in [0.15, 0.2) is 0 Å². The van der Waals surface area contributed by atoms with Gasteiger partial charge in [-0.05, 0) is 6.92 Å². The van der Waals surface area contributed by atoms with Crippen molar-refractivity contribution in [1.29, 1.82) is 0 Å². The van der Waals surface area contributed by atoms with E-state index in [1.165, 1.54) is 4.90 Å². The van der Waals surface area contributed by atoms with Gasteiger partial charge in [0.05, 0.1) is 6.54 Å². The molecule has 0 radical (unpaired) electrons. The molecule has 0 saturated carbocycles. The van der Waals surface area contributed by atoms with Crippen LogP contribution in [0, 0.1) is 12.3 Å². The average molecular weight is 182 g/mol. The van der Waals surface area contributed by atoms with E-state index in [4.69, 9.17) is 11.5 Å². The summed E-state index contributed by atoms with van der Waals surface area (Å²) in [5.74, 6) is 2.57. The summed E-state index contributed by atoms with van der Waals surface area (Å²) in [6, 6.07) is 0.223. The summed E-state index contributed by atoms with van der Waals surface area (Å²) in [5, 5.41) is 8.74. The van der Waals surface area contributed by atoms with E-state index >= 15 is 0 Å². The Morgan fingerprint density at radius 2 is 2.38 bits per heavy atom. The van der Waals surface area contributed by atoms with E-state index in [-0.39, 0.29) is 6.04 Å². The summed E-state index contributed by atoms with van der Waals surface area (Å²) < 4.78 is 0. The summed E-state index contributed by atoms with van der Waals surface area (Å²) in [6.45, 7) is 4.44. The summed E-state index contributed by atoms with van der Waals surface area (Å²) in [4.78, 5) is 14.2. The highest BCUT2D eigenvalue weighted by atomic mass is 16.4. The molecule has 1 heterocycles. The predicted molar refractivity (Wildman–Crippen MR) is 49.5 cm³/mol. The van der Waals surface area contributed by atoms with Gasteiger partial charge in [-0.1, -0.05) is 5.92 Å². The molecule has 13 heavy (non-hydrogen) atoms. The third-order valence-electron chi connectivity index (χ3n) is 2.33. The van der Waals surface area contributed by atoms with Crippen LogP contribution in [0.25, 0.3) is 0 Å². The van der Waals surface area contributed by atoms with Crippen molar-refractivity contribution in [3.63, 3.8) is 0 Å². The topological polar surface area (TPSA) is 43.8 Å². The fourth-order valence-electron chi connectivity index (χ4n) is 1.52. The van der Waals surface area contributed by atoms with E-state index in [9.17, 15) is 4.79 Å². The second kappa shape index (κ2) is 4.15. The van der Waals surface area contributed by atoms with Crippen LogP contribution in [0.5, 0.6) is 0 Å². The summed E-state index contributed by atoms with van der Waals surface area (Å²) in [7, 11) is 0. The van der Waals surface area contributed by atoms with Gasteiger partial charge in [0.15, 0.2) is 0 Å². The van der Waals surface area contributed by atoms with Crippen LogP contribution in [0.4, 0.5) is 4.79 Å². The van der Waals surface area contributed by atoms with Crippen LogP contribution in [0.3, 0.4) is 0 Å². The lowest BCUT2D eigenvalue weighted by atomic mass is 10.2. The molecule has 1 aliphatic heterocycles. The van der Waals surface area contributed by atoms with Gasteiger partial charge in [-0.2, -0.15) is 0 Å². The minimum atomic E-state index is -0.841. The van der Waals surface area contributed by atoms with Crippen LogP contribution >= 0.6 is 0 Å². The van der Waals surface area contributed by atoms with Crippen LogP contribution in [-0.4, -0.2) is 53.2 Å². The fourth-order valence-corrected chi connectivity index (χ4v) is 1.52. The maximum absolute atomic E-state index is 10.6. The average Bonchev–Trinajstić information content (AvgIpc) is 2.08. The standard InChI is InChI=1S/C9H14N2O2/c1-3-4-10-5-6-11(9(12)13)7-8(10)2/h1,8H,4-7H2,2H3,(H,12,13)/t8-/m0/s1. The van der Waals surface area contributed by atoms with Crippen LogP contribution in [0.2, 0.25) is 0 Å². The molecule has 0 aromatic carbocycles. The van der Waals surface area contributed by atoms with E-state index in [2.05, 4.69) is 10.8 Å². The number of terminal acetylenes is 1. The zero-order valence-corrected chi connectivity index (χ0v) is 7.73. The Kier molecular flexibility index (Phi) is 3.15. The number of rotatable bonds is 1. The molecular weight excluding hydrogens is 168 g/mol. The molecule has 1 amide bonds. The first kappa shape index (κ1) is 9.87. The molecule has 4 nitrogen and oxygen atoms in total. The Bertz CT molecular complexity index is 234. The summed E-state index contributed by atoms with van der Waals surface area (Å²) >= 11 is 0. The summed E-state index contributed by atoms with van der Waals surface area (Å²) in [5.41, 5.74) is 0. The lowest BCUT2D eigenvalue weighted by molar-refractivity contribution is 0.0829. The van der Waals surface area contributed by atoms with E-state index in [1.54, 1.807) is 0 Å².